The number of thiophene rings is 2. The Hall–Kier alpha value is -6.34. The number of hydrazine groups is 1. The second-order valence-electron chi connectivity index (χ2n) is 11.8. The van der Waals surface area contributed by atoms with Crippen molar-refractivity contribution >= 4 is 129 Å². The summed E-state index contributed by atoms with van der Waals surface area (Å²) in [5.74, 6) is 5.42. The number of benzene rings is 5. The Morgan fingerprint density at radius 3 is 1.55 bits per heavy atom. The van der Waals surface area contributed by atoms with Crippen LogP contribution in [0.2, 0.25) is 10.0 Å². The van der Waals surface area contributed by atoms with Crippen LogP contribution in [0.3, 0.4) is 0 Å². The van der Waals surface area contributed by atoms with E-state index in [1.807, 2.05) is 60.7 Å². The molecule has 0 spiro atoms. The summed E-state index contributed by atoms with van der Waals surface area (Å²) in [6, 6.07) is 26.5. The number of carbonyl (C=O) groups is 2. The average molecular weight is 1000 g/mol. The number of non-ortho nitro benzene ring substituents is 3. The van der Waals surface area contributed by atoms with E-state index in [0.717, 1.165) is 37.2 Å². The van der Waals surface area contributed by atoms with Gasteiger partial charge in [0, 0.05) is 70.2 Å². The number of halogens is 3. The third kappa shape index (κ3) is 9.74. The van der Waals surface area contributed by atoms with E-state index in [9.17, 15) is 49.8 Å². The molecule has 60 heavy (non-hydrogen) atoms. The van der Waals surface area contributed by atoms with Gasteiger partial charge in [-0.2, -0.15) is 0 Å². The van der Waals surface area contributed by atoms with Crippen molar-refractivity contribution in [1.29, 1.82) is 0 Å². The molecule has 0 unspecified atom stereocenters. The molecule has 0 saturated carbocycles. The Morgan fingerprint density at radius 2 is 1.07 bits per heavy atom. The van der Waals surface area contributed by atoms with Gasteiger partial charge in [-0.25, -0.2) is 9.59 Å². The van der Waals surface area contributed by atoms with Gasteiger partial charge in [0.1, 0.15) is 0 Å². The SMILES string of the molecule is NN.O=C(O)c1cc([N+](=O)[O-])cc(-c2cc3ccccc3s2)c1Cl.O=C(O)c1cc([N+](=O)[O-])cc(I)c1Cl.O=c1[nH][nH]c2c(-c3cc4ccccc4s3)cc([N+](=O)[O-])cc12. The van der Waals surface area contributed by atoms with Crippen molar-refractivity contribution in [2.75, 3.05) is 0 Å². The molecule has 8 N–H and O–H groups in total. The predicted molar refractivity (Wildman–Crippen MR) is 238 cm³/mol. The van der Waals surface area contributed by atoms with Crippen LogP contribution < -0.4 is 17.2 Å². The van der Waals surface area contributed by atoms with Gasteiger partial charge in [0.05, 0.1) is 46.8 Å². The largest absolute Gasteiger partial charge is 0.478 e. The molecule has 0 saturated heterocycles. The Bertz CT molecular complexity index is 2990. The van der Waals surface area contributed by atoms with Gasteiger partial charge in [-0.05, 0) is 57.6 Å². The molecule has 23 heteroatoms. The fraction of sp³-hybridized carbons (Fsp3) is 0. The van der Waals surface area contributed by atoms with Gasteiger partial charge in [0.25, 0.3) is 22.6 Å². The number of nitrogens with zero attached hydrogens (tertiary/aromatic N) is 3. The van der Waals surface area contributed by atoms with Crippen LogP contribution >= 0.6 is 68.5 Å². The van der Waals surface area contributed by atoms with Crippen molar-refractivity contribution in [3.05, 3.63) is 163 Å². The molecular formula is C37H24Cl2IN7O11S2. The summed E-state index contributed by atoms with van der Waals surface area (Å²) < 4.78 is 2.43. The van der Waals surface area contributed by atoms with Crippen LogP contribution in [-0.4, -0.2) is 47.1 Å². The molecule has 5 aromatic carbocycles. The summed E-state index contributed by atoms with van der Waals surface area (Å²) in [6.45, 7) is 0. The molecule has 8 rings (SSSR count). The number of nitrogens with one attached hydrogen (secondary N) is 2. The molecule has 3 aromatic heterocycles. The molecule has 0 fully saturated rings. The lowest BCUT2D eigenvalue weighted by molar-refractivity contribution is -0.385. The lowest BCUT2D eigenvalue weighted by Gasteiger charge is -2.05. The maximum absolute atomic E-state index is 11.8. The normalized spacial score (nSPS) is 10.5. The summed E-state index contributed by atoms with van der Waals surface area (Å²) >= 11 is 16.5. The Kier molecular flexibility index (Phi) is 14.3. The zero-order valence-corrected chi connectivity index (χ0v) is 35.1. The van der Waals surface area contributed by atoms with Crippen LogP contribution in [-0.2, 0) is 0 Å². The highest BCUT2D eigenvalue weighted by Gasteiger charge is 2.22. The Morgan fingerprint density at radius 1 is 0.633 bits per heavy atom. The van der Waals surface area contributed by atoms with Crippen molar-refractivity contribution in [1.82, 2.24) is 10.2 Å². The zero-order chi connectivity index (χ0) is 44.0. The minimum atomic E-state index is -1.30. The number of nitro benzene ring substituents is 3. The van der Waals surface area contributed by atoms with Crippen molar-refractivity contribution in [3.8, 4) is 20.9 Å². The number of aromatic nitrogens is 2. The number of H-pyrrole nitrogens is 2. The first-order chi connectivity index (χ1) is 28.5. The van der Waals surface area contributed by atoms with Gasteiger partial charge in [-0.15, -0.1) is 22.7 Å². The average Bonchev–Trinajstić information content (AvgIpc) is 3.96. The number of nitro groups is 3. The minimum absolute atomic E-state index is 0.00431. The highest BCUT2D eigenvalue weighted by atomic mass is 127. The molecule has 0 bridgehead atoms. The van der Waals surface area contributed by atoms with E-state index in [2.05, 4.69) is 21.9 Å². The first kappa shape index (κ1) is 44.8. The fourth-order valence-corrected chi connectivity index (χ4v) is 8.86. The minimum Gasteiger partial charge on any atom is -0.478 e. The summed E-state index contributed by atoms with van der Waals surface area (Å²) in [7, 11) is 0. The molecule has 0 amide bonds. The Labute approximate surface area is 366 Å². The molecule has 0 aliphatic carbocycles. The molecule has 0 aliphatic heterocycles. The van der Waals surface area contributed by atoms with Crippen molar-refractivity contribution in [3.63, 3.8) is 0 Å². The van der Waals surface area contributed by atoms with E-state index < -0.39 is 26.7 Å². The lowest BCUT2D eigenvalue weighted by atomic mass is 10.1. The van der Waals surface area contributed by atoms with Gasteiger partial charge < -0.3 is 10.2 Å². The number of rotatable bonds is 7. The number of aromatic carboxylic acids is 2. The highest BCUT2D eigenvalue weighted by molar-refractivity contribution is 14.1. The number of carboxylic acids is 2. The second-order valence-corrected chi connectivity index (χ2v) is 15.9. The molecule has 0 atom stereocenters. The molecule has 18 nitrogen and oxygen atoms in total. The standard InChI is InChI=1S/C15H8ClNO4S.C15H9N3O3S.C7H3ClINO4.H4N2/c16-14-10(6-9(17(20)21)7-11(14)15(18)19)13-5-8-3-1-2-4-12(8)22-13;19-15-11-7-9(18(20)21)6-10(14(11)16-17-15)13-5-8-3-1-2-4-12(8)22-13;8-6-4(7(11)12)1-3(10(13)14)2-5(6)9;1-2/h1-7H,(H,18,19);1-7H,(H2,16,17,19);1-2H,(H,11,12);1-2H2. The number of hydrogen-bond donors (Lipinski definition) is 6. The smallest absolute Gasteiger partial charge is 0.337 e. The van der Waals surface area contributed by atoms with Gasteiger partial charge in [0.2, 0.25) is 0 Å². The number of nitrogens with two attached hydrogens (primary N) is 2. The second kappa shape index (κ2) is 19.2. The summed E-state index contributed by atoms with van der Waals surface area (Å²) in [6.07, 6.45) is 0. The number of hydrogen-bond acceptors (Lipinski definition) is 13. The summed E-state index contributed by atoms with van der Waals surface area (Å²) in [5.41, 5.74) is 0.0329. The number of carboxylic acid groups (broad SMARTS) is 2. The third-order valence-electron chi connectivity index (χ3n) is 8.21. The van der Waals surface area contributed by atoms with Crippen LogP contribution in [0, 0.1) is 33.9 Å². The highest BCUT2D eigenvalue weighted by Crippen LogP contribution is 2.41. The van der Waals surface area contributed by atoms with Crippen molar-refractivity contribution < 1.29 is 34.6 Å². The van der Waals surface area contributed by atoms with E-state index in [1.54, 1.807) is 22.6 Å². The van der Waals surface area contributed by atoms with E-state index in [0.29, 0.717) is 30.5 Å². The maximum atomic E-state index is 11.8. The molecule has 8 aromatic rings. The lowest BCUT2D eigenvalue weighted by Crippen LogP contribution is -2.02. The molecule has 0 radical (unpaired) electrons. The van der Waals surface area contributed by atoms with Crippen LogP contribution in [0.4, 0.5) is 17.1 Å². The van der Waals surface area contributed by atoms with Crippen LogP contribution in [0.15, 0.2) is 102 Å². The zero-order valence-electron chi connectivity index (χ0n) is 29.8. The van der Waals surface area contributed by atoms with E-state index in [-0.39, 0.29) is 43.8 Å². The monoisotopic (exact) mass is 1000 g/mol. The van der Waals surface area contributed by atoms with Crippen LogP contribution in [0.1, 0.15) is 20.7 Å². The van der Waals surface area contributed by atoms with Crippen LogP contribution in [0.5, 0.6) is 0 Å². The topological polar surface area (TPSA) is 305 Å². The van der Waals surface area contributed by atoms with E-state index >= 15 is 0 Å². The van der Waals surface area contributed by atoms with Gasteiger partial charge in [-0.3, -0.25) is 57.0 Å². The summed E-state index contributed by atoms with van der Waals surface area (Å²) in [5, 5.41) is 58.1. The van der Waals surface area contributed by atoms with E-state index in [4.69, 9.17) is 28.3 Å². The van der Waals surface area contributed by atoms with Crippen molar-refractivity contribution in [2.24, 2.45) is 11.7 Å². The molecule has 3 heterocycles. The van der Waals surface area contributed by atoms with E-state index in [1.165, 1.54) is 46.9 Å². The molecule has 306 valence electrons. The summed E-state index contributed by atoms with van der Waals surface area (Å²) in [4.78, 5) is 66.0. The van der Waals surface area contributed by atoms with Crippen molar-refractivity contribution in [2.45, 2.75) is 0 Å². The third-order valence-corrected chi connectivity index (χ3v) is 12.5. The van der Waals surface area contributed by atoms with Gasteiger partial charge in [-0.1, -0.05) is 59.6 Å². The number of aromatic amines is 2. The molecular weight excluding hydrogens is 980 g/mol. The first-order valence-corrected chi connectivity index (χ1v) is 19.8. The number of fused-ring (bicyclic) bond motifs is 3. The predicted octanol–water partition coefficient (Wildman–Crippen LogP) is 9.84. The first-order valence-electron chi connectivity index (χ1n) is 16.3. The van der Waals surface area contributed by atoms with Gasteiger partial charge >= 0.3 is 11.9 Å². The maximum Gasteiger partial charge on any atom is 0.337 e. The molecule has 0 aliphatic rings. The van der Waals surface area contributed by atoms with Gasteiger partial charge in [0.15, 0.2) is 0 Å². The van der Waals surface area contributed by atoms with Crippen LogP contribution in [0.25, 0.3) is 52.0 Å². The Balaban J connectivity index is 0.000000172. The fourth-order valence-electron chi connectivity index (χ4n) is 5.54. The quantitative estimate of drug-likeness (QED) is 0.0375.